The van der Waals surface area contributed by atoms with Gasteiger partial charge >= 0.3 is 0 Å². The van der Waals surface area contributed by atoms with E-state index in [1.54, 1.807) is 44.3 Å². The number of carbonyl (C=O) groups excluding carboxylic acids is 1. The molecule has 33 heavy (non-hydrogen) atoms. The van der Waals surface area contributed by atoms with Crippen molar-refractivity contribution in [2.24, 2.45) is 0 Å². The lowest BCUT2D eigenvalue weighted by molar-refractivity contribution is 0.0912. The molecule has 170 valence electrons. The lowest BCUT2D eigenvalue weighted by Gasteiger charge is -2.19. The first-order chi connectivity index (χ1) is 15.7. The summed E-state index contributed by atoms with van der Waals surface area (Å²) < 4.78 is 30.0. The summed E-state index contributed by atoms with van der Waals surface area (Å²) >= 11 is 0. The van der Waals surface area contributed by atoms with Crippen molar-refractivity contribution < 1.29 is 18.7 Å². The molecule has 2 atom stereocenters. The molecule has 1 amide bonds. The number of fused-ring (bicyclic) bond motifs is 1. The number of aryl methyl sites for hydroxylation is 1. The van der Waals surface area contributed by atoms with Crippen LogP contribution >= 0.6 is 0 Å². The maximum absolute atomic E-state index is 15.5. The lowest BCUT2D eigenvalue weighted by atomic mass is 9.98. The van der Waals surface area contributed by atoms with E-state index in [4.69, 9.17) is 5.73 Å². The van der Waals surface area contributed by atoms with Crippen molar-refractivity contribution in [1.82, 2.24) is 19.9 Å². The van der Waals surface area contributed by atoms with Gasteiger partial charge < -0.3 is 16.2 Å². The van der Waals surface area contributed by atoms with E-state index in [0.29, 0.717) is 22.3 Å². The maximum atomic E-state index is 15.5. The van der Waals surface area contributed by atoms with Gasteiger partial charge in [-0.15, -0.1) is 5.10 Å². The van der Waals surface area contributed by atoms with Gasteiger partial charge in [-0.3, -0.25) is 4.79 Å². The van der Waals surface area contributed by atoms with Crippen molar-refractivity contribution in [2.75, 3.05) is 5.73 Å². The number of nitrogens with zero attached hydrogens (tertiary/aromatic N) is 3. The van der Waals surface area contributed by atoms with E-state index in [9.17, 15) is 14.3 Å². The number of hydrogen-bond donors (Lipinski definition) is 3. The molecule has 4 N–H and O–H groups in total. The van der Waals surface area contributed by atoms with Gasteiger partial charge in [0.1, 0.15) is 11.6 Å². The van der Waals surface area contributed by atoms with Gasteiger partial charge in [0.2, 0.25) is 5.95 Å². The number of pyridine rings is 1. The zero-order valence-corrected chi connectivity index (χ0v) is 18.1. The van der Waals surface area contributed by atoms with Crippen LogP contribution in [0.5, 0.6) is 0 Å². The molecule has 0 aliphatic carbocycles. The highest BCUT2D eigenvalue weighted by Gasteiger charge is 2.22. The van der Waals surface area contributed by atoms with Crippen molar-refractivity contribution >= 4 is 17.5 Å². The molecular weight excluding hydrogens is 428 g/mol. The molecule has 0 bridgehead atoms. The second-order valence-electron chi connectivity index (χ2n) is 7.98. The predicted molar refractivity (Wildman–Crippen MR) is 120 cm³/mol. The Labute approximate surface area is 188 Å². The quantitative estimate of drug-likeness (QED) is 0.414. The Morgan fingerprint density at radius 2 is 1.91 bits per heavy atom. The molecule has 7 nitrogen and oxygen atoms in total. The van der Waals surface area contributed by atoms with E-state index >= 15 is 4.39 Å². The minimum absolute atomic E-state index is 0.0727. The van der Waals surface area contributed by atoms with Gasteiger partial charge in [0, 0.05) is 17.8 Å². The molecule has 0 radical (unpaired) electrons. The zero-order valence-electron chi connectivity index (χ0n) is 18.1. The summed E-state index contributed by atoms with van der Waals surface area (Å²) in [7, 11) is 0. The van der Waals surface area contributed by atoms with Gasteiger partial charge in [0.25, 0.3) is 5.91 Å². The average Bonchev–Trinajstić information content (AvgIpc) is 3.13. The maximum Gasteiger partial charge on any atom is 0.254 e. The van der Waals surface area contributed by atoms with Crippen molar-refractivity contribution in [3.8, 4) is 11.1 Å². The van der Waals surface area contributed by atoms with Crippen LogP contribution in [-0.4, -0.2) is 31.7 Å². The molecule has 2 aromatic heterocycles. The van der Waals surface area contributed by atoms with E-state index < -0.39 is 29.7 Å². The van der Waals surface area contributed by atoms with Gasteiger partial charge in [-0.05, 0) is 61.2 Å². The van der Waals surface area contributed by atoms with Crippen molar-refractivity contribution in [2.45, 2.75) is 32.4 Å². The second kappa shape index (κ2) is 8.95. The summed E-state index contributed by atoms with van der Waals surface area (Å²) in [6.45, 7) is 3.37. The van der Waals surface area contributed by atoms with Gasteiger partial charge in [0.15, 0.2) is 5.65 Å². The number of rotatable bonds is 6. The molecule has 0 saturated heterocycles. The highest BCUT2D eigenvalue weighted by atomic mass is 19.1. The Kier molecular flexibility index (Phi) is 6.06. The van der Waals surface area contributed by atoms with Crippen LogP contribution < -0.4 is 11.1 Å². The molecule has 0 saturated carbocycles. The third-order valence-electron chi connectivity index (χ3n) is 5.45. The number of anilines is 1. The SMILES string of the molecule is Cc1ccc(-c2ccn3nc(N)nc3c2)c(F)c1C(=O)N[C@H](C)C[C@H](O)c1ccc(F)cc1. The number of amides is 1. The summed E-state index contributed by atoms with van der Waals surface area (Å²) in [4.78, 5) is 17.0. The lowest BCUT2D eigenvalue weighted by Crippen LogP contribution is -2.34. The minimum Gasteiger partial charge on any atom is -0.388 e. The predicted octanol–water partition coefficient (Wildman–Crippen LogP) is 3.81. The van der Waals surface area contributed by atoms with Crippen molar-refractivity contribution in [1.29, 1.82) is 0 Å². The number of aliphatic hydroxyl groups excluding tert-OH is 1. The van der Waals surface area contributed by atoms with Crippen LogP contribution in [0.3, 0.4) is 0 Å². The summed E-state index contributed by atoms with van der Waals surface area (Å²) in [5.74, 6) is -1.53. The first kappa shape index (κ1) is 22.3. The Balaban J connectivity index is 1.55. The summed E-state index contributed by atoms with van der Waals surface area (Å²) in [6.07, 6.45) is 0.898. The summed E-state index contributed by atoms with van der Waals surface area (Å²) in [6, 6.07) is 11.6. The molecule has 2 aromatic carbocycles. The van der Waals surface area contributed by atoms with Crippen molar-refractivity contribution in [3.63, 3.8) is 0 Å². The fraction of sp³-hybridized carbons (Fsp3) is 0.208. The molecule has 4 aromatic rings. The van der Waals surface area contributed by atoms with E-state index in [-0.39, 0.29) is 23.5 Å². The monoisotopic (exact) mass is 451 g/mol. The molecule has 0 unspecified atom stereocenters. The number of benzene rings is 2. The van der Waals surface area contributed by atoms with Crippen molar-refractivity contribution in [3.05, 3.63) is 83.1 Å². The van der Waals surface area contributed by atoms with Crippen LogP contribution in [-0.2, 0) is 0 Å². The third kappa shape index (κ3) is 4.68. The zero-order chi connectivity index (χ0) is 23.7. The first-order valence-electron chi connectivity index (χ1n) is 10.4. The highest BCUT2D eigenvalue weighted by Crippen LogP contribution is 2.28. The number of nitrogens with one attached hydrogen (secondary N) is 1. The van der Waals surface area contributed by atoms with Crippen LogP contribution in [0, 0.1) is 18.6 Å². The molecule has 2 heterocycles. The Hall–Kier alpha value is -3.85. The first-order valence-corrected chi connectivity index (χ1v) is 10.4. The molecule has 4 rings (SSSR count). The molecular formula is C24H23F2N5O2. The van der Waals surface area contributed by atoms with E-state index in [1.807, 2.05) is 0 Å². The highest BCUT2D eigenvalue weighted by molar-refractivity contribution is 5.97. The van der Waals surface area contributed by atoms with E-state index in [0.717, 1.165) is 0 Å². The van der Waals surface area contributed by atoms with Crippen LogP contribution in [0.25, 0.3) is 16.8 Å². The normalized spacial score (nSPS) is 13.1. The van der Waals surface area contributed by atoms with Crippen LogP contribution in [0.2, 0.25) is 0 Å². The van der Waals surface area contributed by atoms with Crippen LogP contribution in [0.4, 0.5) is 14.7 Å². The van der Waals surface area contributed by atoms with Crippen LogP contribution in [0.15, 0.2) is 54.7 Å². The Morgan fingerprint density at radius 3 is 2.64 bits per heavy atom. The second-order valence-corrected chi connectivity index (χ2v) is 7.98. The number of carbonyl (C=O) groups is 1. The minimum atomic E-state index is -0.902. The topological polar surface area (TPSA) is 106 Å². The fourth-order valence-corrected chi connectivity index (χ4v) is 3.75. The smallest absolute Gasteiger partial charge is 0.254 e. The van der Waals surface area contributed by atoms with Gasteiger partial charge in [0.05, 0.1) is 11.7 Å². The molecule has 0 aliphatic rings. The number of nitrogen functional groups attached to an aromatic ring is 1. The fourth-order valence-electron chi connectivity index (χ4n) is 3.75. The Bertz CT molecular complexity index is 1320. The standard InChI is InChI=1S/C24H23F2N5O2/c1-13-3-8-18(16-9-10-31-20(12-16)29-24(27)30-31)22(26)21(13)23(33)28-14(2)11-19(32)15-4-6-17(25)7-5-15/h3-10,12,14,19,32H,11H2,1-2H3,(H2,27,30)(H,28,33)/t14-,19+/m1/s1. The number of hydrogen-bond acceptors (Lipinski definition) is 5. The average molecular weight is 451 g/mol. The molecule has 0 spiro atoms. The number of aromatic nitrogens is 3. The number of aliphatic hydroxyl groups is 1. The van der Waals surface area contributed by atoms with Gasteiger partial charge in [-0.2, -0.15) is 4.98 Å². The third-order valence-corrected chi connectivity index (χ3v) is 5.45. The Morgan fingerprint density at radius 1 is 1.18 bits per heavy atom. The summed E-state index contributed by atoms with van der Waals surface area (Å²) in [5, 5.41) is 17.1. The molecule has 0 fully saturated rings. The molecule has 0 aliphatic heterocycles. The van der Waals surface area contributed by atoms with E-state index in [1.165, 1.54) is 28.8 Å². The van der Waals surface area contributed by atoms with Gasteiger partial charge in [-0.1, -0.05) is 24.3 Å². The number of nitrogens with two attached hydrogens (primary N) is 1. The number of halogens is 2. The largest absolute Gasteiger partial charge is 0.388 e. The van der Waals surface area contributed by atoms with Gasteiger partial charge in [-0.25, -0.2) is 13.3 Å². The summed E-state index contributed by atoms with van der Waals surface area (Å²) in [5.41, 5.74) is 7.78. The molecule has 9 heteroatoms. The van der Waals surface area contributed by atoms with E-state index in [2.05, 4.69) is 15.4 Å². The van der Waals surface area contributed by atoms with Crippen LogP contribution in [0.1, 0.15) is 40.9 Å².